The van der Waals surface area contributed by atoms with E-state index in [0.29, 0.717) is 11.1 Å². The summed E-state index contributed by atoms with van der Waals surface area (Å²) in [5.41, 5.74) is 6.64. The van der Waals surface area contributed by atoms with Crippen molar-refractivity contribution in [2.24, 2.45) is 5.73 Å². The molecule has 2 aliphatic carbocycles. The maximum Gasteiger partial charge on any atom is 0.343 e. The van der Waals surface area contributed by atoms with Crippen LogP contribution in [-0.4, -0.2) is 23.2 Å². The van der Waals surface area contributed by atoms with Gasteiger partial charge in [-0.3, -0.25) is 4.79 Å². The van der Waals surface area contributed by atoms with Crippen molar-refractivity contribution < 1.29 is 13.9 Å². The normalized spacial score (nSPS) is 22.7. The van der Waals surface area contributed by atoms with Crippen molar-refractivity contribution in [3.63, 3.8) is 0 Å². The molecule has 2 saturated carbocycles. The topological polar surface area (TPSA) is 74.3 Å². The van der Waals surface area contributed by atoms with Gasteiger partial charge in [-0.1, -0.05) is 0 Å². The van der Waals surface area contributed by atoms with Crippen molar-refractivity contribution in [1.82, 2.24) is 4.57 Å². The number of nitrogens with zero attached hydrogens (tertiary/aromatic N) is 1. The van der Waals surface area contributed by atoms with E-state index in [9.17, 15) is 14.0 Å². The summed E-state index contributed by atoms with van der Waals surface area (Å²) in [6.07, 6.45) is 5.07. The molecule has 0 spiro atoms. The standard InChI is InChI=1S/C19H21FN2O3/c1-2-25-19(24)15-9-22(12-3-4-12)17-8-13(10-5-11(21)6-10)16(20)7-14(17)18(15)23/h7-12H,2-6,21H2,1H3. The third kappa shape index (κ3) is 2.74. The van der Waals surface area contributed by atoms with Crippen molar-refractivity contribution in [2.75, 3.05) is 6.61 Å². The Hall–Kier alpha value is -2.21. The fraction of sp³-hybridized carbons (Fsp3) is 0.474. The van der Waals surface area contributed by atoms with Gasteiger partial charge in [0.1, 0.15) is 11.4 Å². The molecule has 0 aliphatic heterocycles. The summed E-state index contributed by atoms with van der Waals surface area (Å²) >= 11 is 0. The number of pyridine rings is 1. The van der Waals surface area contributed by atoms with Crippen LogP contribution in [0.3, 0.4) is 0 Å². The summed E-state index contributed by atoms with van der Waals surface area (Å²) in [6.45, 7) is 1.88. The number of carbonyl (C=O) groups excluding carboxylic acids is 1. The number of carbonyl (C=O) groups is 1. The number of nitrogens with two attached hydrogens (primary N) is 1. The summed E-state index contributed by atoms with van der Waals surface area (Å²) in [7, 11) is 0. The number of ether oxygens (including phenoxy) is 1. The summed E-state index contributed by atoms with van der Waals surface area (Å²) in [5, 5.41) is 0.238. The molecule has 1 heterocycles. The molecule has 6 heteroatoms. The average molecular weight is 344 g/mol. The number of halogens is 1. The Morgan fingerprint density at radius 3 is 2.68 bits per heavy atom. The Bertz CT molecular complexity index is 911. The number of fused-ring (bicyclic) bond motifs is 1. The van der Waals surface area contributed by atoms with Gasteiger partial charge in [0.25, 0.3) is 0 Å². The quantitative estimate of drug-likeness (QED) is 0.866. The van der Waals surface area contributed by atoms with Gasteiger partial charge in [-0.15, -0.1) is 0 Å². The molecule has 0 radical (unpaired) electrons. The summed E-state index contributed by atoms with van der Waals surface area (Å²) < 4.78 is 21.5. The van der Waals surface area contributed by atoms with E-state index in [-0.39, 0.29) is 35.6 Å². The highest BCUT2D eigenvalue weighted by molar-refractivity contribution is 5.94. The van der Waals surface area contributed by atoms with Crippen molar-refractivity contribution in [2.45, 2.75) is 50.6 Å². The van der Waals surface area contributed by atoms with E-state index in [1.807, 2.05) is 4.57 Å². The first-order valence-corrected chi connectivity index (χ1v) is 8.80. The SMILES string of the molecule is CCOC(=O)c1cn(C2CC2)c2cc(C3CC(N)C3)c(F)cc2c1=O. The van der Waals surface area contributed by atoms with Crippen molar-refractivity contribution in [3.8, 4) is 0 Å². The Morgan fingerprint density at radius 2 is 2.08 bits per heavy atom. The zero-order chi connectivity index (χ0) is 17.7. The second kappa shape index (κ2) is 5.95. The molecule has 1 aromatic heterocycles. The molecule has 25 heavy (non-hydrogen) atoms. The Balaban J connectivity index is 1.90. The Morgan fingerprint density at radius 1 is 1.36 bits per heavy atom. The zero-order valence-electron chi connectivity index (χ0n) is 14.1. The number of hydrogen-bond donors (Lipinski definition) is 1. The molecule has 0 atom stereocenters. The molecule has 1 aromatic carbocycles. The lowest BCUT2D eigenvalue weighted by molar-refractivity contribution is 0.0524. The van der Waals surface area contributed by atoms with Crippen LogP contribution in [0.4, 0.5) is 4.39 Å². The molecule has 4 rings (SSSR count). The van der Waals surface area contributed by atoms with E-state index in [2.05, 4.69) is 0 Å². The van der Waals surface area contributed by atoms with Gasteiger partial charge in [0.05, 0.1) is 12.1 Å². The van der Waals surface area contributed by atoms with E-state index < -0.39 is 17.2 Å². The van der Waals surface area contributed by atoms with Crippen molar-refractivity contribution >= 4 is 16.9 Å². The molecule has 0 bridgehead atoms. The molecule has 2 fully saturated rings. The number of rotatable bonds is 4. The fourth-order valence-electron chi connectivity index (χ4n) is 3.62. The van der Waals surface area contributed by atoms with Crippen LogP contribution in [-0.2, 0) is 4.74 Å². The summed E-state index contributed by atoms with van der Waals surface area (Å²) in [5.74, 6) is -0.949. The third-order valence-electron chi connectivity index (χ3n) is 5.20. The monoisotopic (exact) mass is 344 g/mol. The smallest absolute Gasteiger partial charge is 0.343 e. The van der Waals surface area contributed by atoms with Gasteiger partial charge in [0.2, 0.25) is 5.43 Å². The van der Waals surface area contributed by atoms with Crippen LogP contribution in [0.2, 0.25) is 0 Å². The molecule has 0 saturated heterocycles. The molecular formula is C19H21FN2O3. The first kappa shape index (κ1) is 16.3. The van der Waals surface area contributed by atoms with E-state index in [0.717, 1.165) is 25.7 Å². The molecule has 2 aliphatic rings. The molecule has 2 aromatic rings. The number of benzene rings is 1. The van der Waals surface area contributed by atoms with Gasteiger partial charge < -0.3 is 15.0 Å². The third-order valence-corrected chi connectivity index (χ3v) is 5.20. The van der Waals surface area contributed by atoms with E-state index >= 15 is 0 Å². The first-order chi connectivity index (χ1) is 12.0. The van der Waals surface area contributed by atoms with Crippen molar-refractivity contribution in [1.29, 1.82) is 0 Å². The highest BCUT2D eigenvalue weighted by atomic mass is 19.1. The van der Waals surface area contributed by atoms with Gasteiger partial charge in [0.15, 0.2) is 0 Å². The van der Waals surface area contributed by atoms with Crippen LogP contribution in [0.5, 0.6) is 0 Å². The zero-order valence-corrected chi connectivity index (χ0v) is 14.1. The predicted octanol–water partition coefficient (Wildman–Crippen LogP) is 2.86. The molecule has 5 nitrogen and oxygen atoms in total. The minimum absolute atomic E-state index is 0.0286. The van der Waals surface area contributed by atoms with Gasteiger partial charge >= 0.3 is 5.97 Å². The molecule has 0 amide bonds. The van der Waals surface area contributed by atoms with Gasteiger partial charge in [-0.25, -0.2) is 9.18 Å². The largest absolute Gasteiger partial charge is 0.462 e. The fourth-order valence-corrected chi connectivity index (χ4v) is 3.62. The Labute approximate surface area is 144 Å². The van der Waals surface area contributed by atoms with Crippen molar-refractivity contribution in [3.05, 3.63) is 45.5 Å². The van der Waals surface area contributed by atoms with Gasteiger partial charge in [-0.05, 0) is 56.2 Å². The van der Waals surface area contributed by atoms with Crippen LogP contribution < -0.4 is 11.2 Å². The molecule has 2 N–H and O–H groups in total. The van der Waals surface area contributed by atoms with Gasteiger partial charge in [0, 0.05) is 23.7 Å². The number of esters is 1. The predicted molar refractivity (Wildman–Crippen MR) is 92.3 cm³/mol. The minimum Gasteiger partial charge on any atom is -0.462 e. The van der Waals surface area contributed by atoms with E-state index in [1.54, 1.807) is 19.2 Å². The second-order valence-corrected chi connectivity index (χ2v) is 7.05. The second-order valence-electron chi connectivity index (χ2n) is 7.05. The maximum atomic E-state index is 14.6. The lowest BCUT2D eigenvalue weighted by atomic mass is 9.76. The van der Waals surface area contributed by atoms with Crippen LogP contribution >= 0.6 is 0 Å². The number of aromatic nitrogens is 1. The molecule has 132 valence electrons. The van der Waals surface area contributed by atoms with Crippen LogP contribution in [0.25, 0.3) is 10.9 Å². The average Bonchev–Trinajstić information content (AvgIpc) is 3.37. The minimum atomic E-state index is -0.654. The van der Waals surface area contributed by atoms with E-state index in [4.69, 9.17) is 10.5 Å². The van der Waals surface area contributed by atoms with Gasteiger partial charge in [-0.2, -0.15) is 0 Å². The van der Waals surface area contributed by atoms with Crippen LogP contribution in [0.1, 0.15) is 60.5 Å². The summed E-state index contributed by atoms with van der Waals surface area (Å²) in [4.78, 5) is 24.8. The van der Waals surface area contributed by atoms with Crippen LogP contribution in [0.15, 0.2) is 23.1 Å². The number of hydrogen-bond acceptors (Lipinski definition) is 4. The lowest BCUT2D eigenvalue weighted by Gasteiger charge is -2.33. The first-order valence-electron chi connectivity index (χ1n) is 8.80. The lowest BCUT2D eigenvalue weighted by Crippen LogP contribution is -2.35. The summed E-state index contributed by atoms with van der Waals surface area (Å²) in [6, 6.07) is 3.42. The van der Waals surface area contributed by atoms with Crippen LogP contribution in [0, 0.1) is 5.82 Å². The highest BCUT2D eigenvalue weighted by Gasteiger charge is 2.32. The molecule has 0 unspecified atom stereocenters. The van der Waals surface area contributed by atoms with E-state index in [1.165, 1.54) is 6.07 Å². The maximum absolute atomic E-state index is 14.6. The highest BCUT2D eigenvalue weighted by Crippen LogP contribution is 2.41. The Kier molecular flexibility index (Phi) is 3.87. The molecular weight excluding hydrogens is 323 g/mol.